The number of rotatable bonds is 19. The summed E-state index contributed by atoms with van der Waals surface area (Å²) in [5.41, 5.74) is -0.270. The highest BCUT2D eigenvalue weighted by Gasteiger charge is 2.57. The van der Waals surface area contributed by atoms with Crippen LogP contribution < -0.4 is 0 Å². The average Bonchev–Trinajstić information content (AvgIpc) is 3.23. The van der Waals surface area contributed by atoms with Crippen LogP contribution in [0, 0.1) is 23.2 Å². The molecule has 0 bridgehead atoms. The minimum absolute atomic E-state index is 0.0228. The van der Waals surface area contributed by atoms with Crippen molar-refractivity contribution < 1.29 is 67.3 Å². The van der Waals surface area contributed by atoms with Gasteiger partial charge in [0.05, 0.1) is 63.4 Å². The van der Waals surface area contributed by atoms with Crippen LogP contribution in [0.1, 0.15) is 131 Å². The van der Waals surface area contributed by atoms with Crippen LogP contribution in [-0.4, -0.2) is 109 Å². The second kappa shape index (κ2) is 23.3. The van der Waals surface area contributed by atoms with Gasteiger partial charge in [-0.05, 0) is 80.9 Å². The normalized spacial score (nSPS) is 32.2. The molecule has 3 saturated heterocycles. The average molecular weight is 899 g/mol. The van der Waals surface area contributed by atoms with E-state index in [9.17, 15) is 29.4 Å². The third kappa shape index (κ3) is 13.8. The van der Waals surface area contributed by atoms with E-state index in [1.807, 2.05) is 30.3 Å². The molecule has 1 aromatic carbocycles. The van der Waals surface area contributed by atoms with E-state index in [1.165, 1.54) is 32.6 Å². The summed E-state index contributed by atoms with van der Waals surface area (Å²) in [6.45, 7) is 13.8. The van der Waals surface area contributed by atoms with Crippen molar-refractivity contribution in [2.75, 3.05) is 13.7 Å². The molecule has 1 spiro atoms. The van der Waals surface area contributed by atoms with E-state index in [2.05, 4.69) is 20.8 Å². The minimum Gasteiger partial charge on any atom is -0.466 e. The lowest BCUT2D eigenvalue weighted by Crippen LogP contribution is -2.62. The molecule has 1 aromatic rings. The summed E-state index contributed by atoms with van der Waals surface area (Å²) in [5.74, 6) is -3.66. The molecule has 14 heteroatoms. The zero-order chi connectivity index (χ0) is 46.7. The predicted octanol–water partition coefficient (Wildman–Crippen LogP) is 7.25. The Morgan fingerprint density at radius 1 is 0.969 bits per heavy atom. The van der Waals surface area contributed by atoms with Gasteiger partial charge < -0.3 is 48.1 Å². The minimum atomic E-state index is -2.30. The number of allylic oxidation sites excluding steroid dienone is 1. The van der Waals surface area contributed by atoms with Crippen molar-refractivity contribution in [2.45, 2.75) is 193 Å². The smallest absolute Gasteiger partial charge is 0.330 e. The Morgan fingerprint density at radius 3 is 2.39 bits per heavy atom. The SMILES string of the molecule is COC(=O)/C=C1\C[C@@H](C[C@@H](OC(=O)C[C@H](O)CC2CCC[C@H](C[C@@H]3CCO[C@@]4(C[C@H](C)CC[C@H]4C(C)C)O3)O2)[C@H](C)OCc2ccccc2)O[C@@](O)(C(C)(C)/C=C/C=O)[C@H]1OC(C)=O. The van der Waals surface area contributed by atoms with E-state index in [1.54, 1.807) is 20.8 Å². The molecule has 4 aliphatic rings. The van der Waals surface area contributed by atoms with Crippen LogP contribution in [0.4, 0.5) is 0 Å². The van der Waals surface area contributed by atoms with Gasteiger partial charge in [-0.15, -0.1) is 0 Å². The number of aliphatic hydroxyl groups excluding tert-OH is 1. The lowest BCUT2D eigenvalue weighted by Gasteiger charge is -2.51. The zero-order valence-electron chi connectivity index (χ0n) is 39.2. The van der Waals surface area contributed by atoms with Crippen molar-refractivity contribution in [1.29, 1.82) is 0 Å². The van der Waals surface area contributed by atoms with E-state index in [0.29, 0.717) is 30.6 Å². The number of carbonyl (C=O) groups excluding carboxylic acids is 4. The van der Waals surface area contributed by atoms with Gasteiger partial charge in [0, 0.05) is 43.6 Å². The number of aldehydes is 1. The first-order chi connectivity index (χ1) is 30.4. The van der Waals surface area contributed by atoms with Gasteiger partial charge in [-0.2, -0.15) is 0 Å². The van der Waals surface area contributed by atoms with E-state index < -0.39 is 65.4 Å². The molecule has 2 N–H and O–H groups in total. The molecular formula is C50H74O14. The molecule has 5 rings (SSSR count). The van der Waals surface area contributed by atoms with Gasteiger partial charge in [0.2, 0.25) is 5.79 Å². The molecule has 0 aromatic heterocycles. The zero-order valence-corrected chi connectivity index (χ0v) is 39.2. The van der Waals surface area contributed by atoms with Gasteiger partial charge in [0.1, 0.15) is 12.4 Å². The Morgan fingerprint density at radius 2 is 1.70 bits per heavy atom. The van der Waals surface area contributed by atoms with Crippen molar-refractivity contribution in [3.63, 3.8) is 0 Å². The fraction of sp³-hybridized carbons (Fsp3) is 0.720. The molecule has 1 saturated carbocycles. The van der Waals surface area contributed by atoms with Gasteiger partial charge in [-0.25, -0.2) is 4.79 Å². The number of ether oxygens (including phenoxy) is 8. The van der Waals surface area contributed by atoms with Gasteiger partial charge in [-0.1, -0.05) is 77.4 Å². The van der Waals surface area contributed by atoms with Crippen molar-refractivity contribution in [1.82, 2.24) is 0 Å². The molecule has 3 aliphatic heterocycles. The Labute approximate surface area is 379 Å². The first-order valence-corrected chi connectivity index (χ1v) is 23.4. The molecule has 4 fully saturated rings. The van der Waals surface area contributed by atoms with E-state index in [-0.39, 0.29) is 56.2 Å². The molecule has 0 radical (unpaired) electrons. The molecule has 358 valence electrons. The Hall–Kier alpha value is -3.50. The van der Waals surface area contributed by atoms with Crippen LogP contribution in [0.25, 0.3) is 0 Å². The number of hydrogen-bond acceptors (Lipinski definition) is 14. The molecule has 1 aliphatic carbocycles. The second-order valence-corrected chi connectivity index (χ2v) is 19.4. The molecule has 64 heavy (non-hydrogen) atoms. The predicted molar refractivity (Wildman–Crippen MR) is 236 cm³/mol. The quantitative estimate of drug-likeness (QED) is 0.0613. The molecule has 3 heterocycles. The summed E-state index contributed by atoms with van der Waals surface area (Å²) in [5, 5.41) is 23.7. The van der Waals surface area contributed by atoms with Gasteiger partial charge >= 0.3 is 17.9 Å². The summed E-state index contributed by atoms with van der Waals surface area (Å²) in [6, 6.07) is 9.49. The van der Waals surface area contributed by atoms with E-state index in [0.717, 1.165) is 56.6 Å². The van der Waals surface area contributed by atoms with E-state index >= 15 is 0 Å². The topological polar surface area (TPSA) is 183 Å². The van der Waals surface area contributed by atoms with Crippen LogP contribution in [0.2, 0.25) is 0 Å². The maximum atomic E-state index is 13.8. The number of carbonyl (C=O) groups is 4. The number of hydrogen-bond donors (Lipinski definition) is 2. The first-order valence-electron chi connectivity index (χ1n) is 23.4. The molecular weight excluding hydrogens is 825 g/mol. The lowest BCUT2D eigenvalue weighted by atomic mass is 9.72. The van der Waals surface area contributed by atoms with Crippen LogP contribution in [0.15, 0.2) is 54.1 Å². The second-order valence-electron chi connectivity index (χ2n) is 19.4. The standard InChI is InChI=1S/C50H74O14/c1-32(2)43-19-18-33(3)30-49(43)59-23-20-41(63-49)28-40-17-12-16-39(61-40)26-38(53)27-46(55)62-44(34(4)58-31-36-14-10-9-11-15-36)29-42-24-37(25-45(54)57-8)47(60-35(5)52)50(56,64-42)48(6,7)21-13-22-51/h9-11,13-15,21-22,25,32-34,38-44,47,53,56H,12,16-20,23-24,26-31H2,1-8H3/b21-13+,37-25+/t33-,34+,38-,39?,40-,41+,42+,43+,44-,47+,49+,50-/m1/s1. The van der Waals surface area contributed by atoms with Gasteiger partial charge in [-0.3, -0.25) is 14.4 Å². The van der Waals surface area contributed by atoms with Crippen LogP contribution in [0.5, 0.6) is 0 Å². The molecule has 14 nitrogen and oxygen atoms in total. The van der Waals surface area contributed by atoms with Crippen LogP contribution in [0.3, 0.4) is 0 Å². The highest BCUT2D eigenvalue weighted by Crippen LogP contribution is 2.48. The largest absolute Gasteiger partial charge is 0.466 e. The highest BCUT2D eigenvalue weighted by atomic mass is 16.7. The fourth-order valence-electron chi connectivity index (χ4n) is 10.1. The van der Waals surface area contributed by atoms with Crippen LogP contribution in [-0.2, 0) is 63.7 Å². The highest BCUT2D eigenvalue weighted by molar-refractivity contribution is 5.83. The Kier molecular flexibility index (Phi) is 18.7. The number of benzene rings is 1. The lowest BCUT2D eigenvalue weighted by molar-refractivity contribution is -0.342. The van der Waals surface area contributed by atoms with Gasteiger partial charge in [0.25, 0.3) is 0 Å². The van der Waals surface area contributed by atoms with Crippen molar-refractivity contribution in [3.05, 3.63) is 59.7 Å². The number of methoxy groups -OCH3 is 1. The van der Waals surface area contributed by atoms with Crippen molar-refractivity contribution in [2.24, 2.45) is 23.2 Å². The summed E-state index contributed by atoms with van der Waals surface area (Å²) < 4.78 is 49.2. The maximum Gasteiger partial charge on any atom is 0.330 e. The Bertz CT molecular complexity index is 1740. The third-order valence-electron chi connectivity index (χ3n) is 13.5. The summed E-state index contributed by atoms with van der Waals surface area (Å²) in [7, 11) is 1.20. The van der Waals surface area contributed by atoms with Crippen molar-refractivity contribution in [3.8, 4) is 0 Å². The Balaban J connectivity index is 1.27. The maximum absolute atomic E-state index is 13.8. The summed E-state index contributed by atoms with van der Waals surface area (Å²) in [4.78, 5) is 50.2. The number of aliphatic hydroxyl groups is 2. The molecule has 12 atom stereocenters. The van der Waals surface area contributed by atoms with Crippen molar-refractivity contribution >= 4 is 24.2 Å². The summed E-state index contributed by atoms with van der Waals surface area (Å²) >= 11 is 0. The van der Waals surface area contributed by atoms with E-state index in [4.69, 9.17) is 37.9 Å². The first kappa shape index (κ1) is 51.5. The monoisotopic (exact) mass is 899 g/mol. The fourth-order valence-corrected chi connectivity index (χ4v) is 10.1. The number of esters is 3. The molecule has 1 unspecified atom stereocenters. The van der Waals surface area contributed by atoms with Gasteiger partial charge in [0.15, 0.2) is 11.9 Å². The summed E-state index contributed by atoms with van der Waals surface area (Å²) in [6.07, 6.45) is 6.19. The third-order valence-corrected chi connectivity index (χ3v) is 13.5. The molecule has 0 amide bonds. The van der Waals surface area contributed by atoms with Crippen LogP contribution >= 0.6 is 0 Å².